The molecule has 1 aliphatic rings. The summed E-state index contributed by atoms with van der Waals surface area (Å²) in [6, 6.07) is 7.93. The third-order valence-corrected chi connectivity index (χ3v) is 4.96. The third-order valence-electron chi connectivity index (χ3n) is 4.96. The van der Waals surface area contributed by atoms with Crippen molar-refractivity contribution in [2.75, 3.05) is 20.2 Å². The zero-order valence-corrected chi connectivity index (χ0v) is 17.1. The molecule has 7 nitrogen and oxygen atoms in total. The van der Waals surface area contributed by atoms with E-state index in [0.717, 1.165) is 10.5 Å². The Hall–Kier alpha value is -2.84. The van der Waals surface area contributed by atoms with E-state index in [1.54, 1.807) is 7.05 Å². The van der Waals surface area contributed by atoms with Crippen LogP contribution in [0.25, 0.3) is 0 Å². The van der Waals surface area contributed by atoms with Gasteiger partial charge in [0.2, 0.25) is 17.6 Å². The maximum Gasteiger partial charge on any atom is 0.401 e. The van der Waals surface area contributed by atoms with Gasteiger partial charge in [-0.1, -0.05) is 30.3 Å². The van der Waals surface area contributed by atoms with E-state index in [1.807, 2.05) is 30.3 Å². The number of carbonyl (C=O) groups is 4. The first kappa shape index (κ1) is 23.4. The van der Waals surface area contributed by atoms with Crippen molar-refractivity contribution in [1.29, 1.82) is 0 Å². The lowest BCUT2D eigenvalue weighted by atomic mass is 10.0. The summed E-state index contributed by atoms with van der Waals surface area (Å²) < 4.78 is 32.5. The van der Waals surface area contributed by atoms with Gasteiger partial charge in [-0.25, -0.2) is 4.79 Å². The van der Waals surface area contributed by atoms with Gasteiger partial charge in [-0.05, 0) is 25.3 Å². The number of nitrogens with zero attached hydrogens (tertiary/aromatic N) is 2. The molecule has 1 saturated heterocycles. The lowest BCUT2D eigenvalue weighted by Gasteiger charge is -2.26. The maximum atomic E-state index is 14.1. The summed E-state index contributed by atoms with van der Waals surface area (Å²) in [7, 11) is 1.61. The number of amides is 2. The van der Waals surface area contributed by atoms with Crippen molar-refractivity contribution in [1.82, 2.24) is 9.80 Å². The van der Waals surface area contributed by atoms with Gasteiger partial charge in [-0.15, -0.1) is 0 Å². The lowest BCUT2D eigenvalue weighted by Crippen LogP contribution is -2.51. The van der Waals surface area contributed by atoms with E-state index in [-0.39, 0.29) is 38.3 Å². The Labute approximate surface area is 174 Å². The first-order valence-corrected chi connectivity index (χ1v) is 9.85. The number of carbonyl (C=O) groups excluding carboxylic acids is 4. The van der Waals surface area contributed by atoms with Gasteiger partial charge in [0.1, 0.15) is 0 Å². The van der Waals surface area contributed by atoms with Crippen LogP contribution < -0.4 is 0 Å². The highest BCUT2D eigenvalue weighted by Gasteiger charge is 2.54. The molecular formula is C21H26F2N2O5. The average Bonchev–Trinajstić information content (AvgIpc) is 3.21. The van der Waals surface area contributed by atoms with E-state index in [1.165, 1.54) is 11.8 Å². The van der Waals surface area contributed by atoms with E-state index < -0.39 is 29.6 Å². The number of hydrogen-bond donors (Lipinski definition) is 0. The number of rotatable bonds is 9. The number of Topliss-reactive ketones (excluding diaryl/α,β-unsaturated/α-hetero) is 1. The predicted molar refractivity (Wildman–Crippen MR) is 103 cm³/mol. The van der Waals surface area contributed by atoms with E-state index in [4.69, 9.17) is 0 Å². The summed E-state index contributed by atoms with van der Waals surface area (Å²) in [5.74, 6) is -8.70. The van der Waals surface area contributed by atoms with Gasteiger partial charge in [0.05, 0.1) is 12.6 Å². The van der Waals surface area contributed by atoms with E-state index >= 15 is 0 Å². The van der Waals surface area contributed by atoms with Crippen LogP contribution in [0.1, 0.15) is 38.2 Å². The molecule has 0 N–H and O–H groups in total. The minimum Gasteiger partial charge on any atom is -0.461 e. The van der Waals surface area contributed by atoms with Crippen molar-refractivity contribution in [3.8, 4) is 0 Å². The number of likely N-dealkylation sites (tertiary alicyclic amines) is 1. The molecule has 0 bridgehead atoms. The number of ketones is 1. The lowest BCUT2D eigenvalue weighted by molar-refractivity contribution is -0.179. The third kappa shape index (κ3) is 5.61. The molecule has 2 rings (SSSR count). The molecule has 0 spiro atoms. The van der Waals surface area contributed by atoms with Gasteiger partial charge < -0.3 is 14.5 Å². The monoisotopic (exact) mass is 424 g/mol. The van der Waals surface area contributed by atoms with Crippen molar-refractivity contribution in [3.05, 3.63) is 35.9 Å². The highest BCUT2D eigenvalue weighted by atomic mass is 19.3. The number of halogens is 2. The molecule has 0 aliphatic carbocycles. The molecule has 1 aromatic carbocycles. The molecule has 1 aliphatic heterocycles. The summed E-state index contributed by atoms with van der Waals surface area (Å²) in [5.41, 5.74) is 0.936. The van der Waals surface area contributed by atoms with E-state index in [0.29, 0.717) is 13.0 Å². The zero-order valence-electron chi connectivity index (χ0n) is 17.1. The van der Waals surface area contributed by atoms with Crippen molar-refractivity contribution in [2.24, 2.45) is 0 Å². The molecule has 30 heavy (non-hydrogen) atoms. The van der Waals surface area contributed by atoms with Crippen LogP contribution in [0.15, 0.2) is 30.3 Å². The smallest absolute Gasteiger partial charge is 0.401 e. The molecule has 0 unspecified atom stereocenters. The Bertz CT molecular complexity index is 785. The maximum absolute atomic E-state index is 14.1. The second-order valence-corrected chi connectivity index (χ2v) is 7.14. The number of esters is 1. The van der Waals surface area contributed by atoms with E-state index in [9.17, 15) is 28.0 Å². The number of ether oxygens (including phenoxy) is 1. The van der Waals surface area contributed by atoms with Crippen molar-refractivity contribution < 1.29 is 32.7 Å². The van der Waals surface area contributed by atoms with Crippen LogP contribution in [0, 0.1) is 0 Å². The molecule has 1 atom stereocenters. The van der Waals surface area contributed by atoms with Crippen molar-refractivity contribution in [2.45, 2.75) is 51.1 Å². The summed E-state index contributed by atoms with van der Waals surface area (Å²) in [6.45, 7) is 1.58. The van der Waals surface area contributed by atoms with Crippen LogP contribution in [0.3, 0.4) is 0 Å². The van der Waals surface area contributed by atoms with Crippen LogP contribution in [0.5, 0.6) is 0 Å². The zero-order chi connectivity index (χ0) is 22.3. The second kappa shape index (κ2) is 10.3. The minimum absolute atomic E-state index is 0.0431. The van der Waals surface area contributed by atoms with Gasteiger partial charge in [0.25, 0.3) is 0 Å². The van der Waals surface area contributed by atoms with Crippen LogP contribution >= 0.6 is 0 Å². The summed E-state index contributed by atoms with van der Waals surface area (Å²) in [5, 5.41) is 0. The van der Waals surface area contributed by atoms with Gasteiger partial charge in [-0.2, -0.15) is 8.78 Å². The van der Waals surface area contributed by atoms with Crippen LogP contribution in [-0.2, 0) is 30.5 Å². The van der Waals surface area contributed by atoms with Gasteiger partial charge in [0, 0.05) is 33.0 Å². The molecule has 0 saturated carbocycles. The topological polar surface area (TPSA) is 84.0 Å². The van der Waals surface area contributed by atoms with Crippen molar-refractivity contribution >= 4 is 23.6 Å². The number of hydrogen-bond acceptors (Lipinski definition) is 5. The molecule has 1 aromatic rings. The first-order valence-electron chi connectivity index (χ1n) is 9.85. The average molecular weight is 424 g/mol. The second-order valence-electron chi connectivity index (χ2n) is 7.14. The molecule has 1 fully saturated rings. The Morgan fingerprint density at radius 1 is 1.17 bits per heavy atom. The molecular weight excluding hydrogens is 398 g/mol. The summed E-state index contributed by atoms with van der Waals surface area (Å²) >= 11 is 0. The Morgan fingerprint density at radius 3 is 2.47 bits per heavy atom. The number of benzene rings is 1. The summed E-state index contributed by atoms with van der Waals surface area (Å²) in [6.07, 6.45) is 0.102. The SMILES string of the molecule is CCOC(=O)C(F)(F)C(=O)[C@@H]1CCCN1C(=O)CCC(=O)N(C)Cc1ccccc1. The fraction of sp³-hybridized carbons (Fsp3) is 0.524. The van der Waals surface area contributed by atoms with Gasteiger partial charge >= 0.3 is 11.9 Å². The highest BCUT2D eigenvalue weighted by Crippen LogP contribution is 2.28. The largest absolute Gasteiger partial charge is 0.461 e. The first-order chi connectivity index (χ1) is 14.2. The fourth-order valence-corrected chi connectivity index (χ4v) is 3.36. The fourth-order valence-electron chi connectivity index (χ4n) is 3.36. The van der Waals surface area contributed by atoms with Crippen LogP contribution in [0.2, 0.25) is 0 Å². The molecule has 9 heteroatoms. The van der Waals surface area contributed by atoms with Crippen LogP contribution in [-0.4, -0.2) is 65.5 Å². The predicted octanol–water partition coefficient (Wildman–Crippen LogP) is 2.18. The molecule has 0 aromatic heterocycles. The molecule has 164 valence electrons. The van der Waals surface area contributed by atoms with E-state index in [2.05, 4.69) is 4.74 Å². The number of alkyl halides is 2. The molecule has 2 amide bonds. The standard InChI is InChI=1S/C21H26F2N2O5/c1-3-30-20(29)21(22,23)19(28)16-10-7-13-25(16)18(27)12-11-17(26)24(2)14-15-8-5-4-6-9-15/h4-6,8-9,16H,3,7,10-14H2,1-2H3/t16-/m0/s1. The van der Waals surface area contributed by atoms with Crippen molar-refractivity contribution in [3.63, 3.8) is 0 Å². The molecule has 0 radical (unpaired) electrons. The highest BCUT2D eigenvalue weighted by molar-refractivity contribution is 6.08. The minimum atomic E-state index is -4.31. The summed E-state index contributed by atoms with van der Waals surface area (Å²) in [4.78, 5) is 51.0. The van der Waals surface area contributed by atoms with Gasteiger partial charge in [-0.3, -0.25) is 14.4 Å². The quantitative estimate of drug-likeness (QED) is 0.448. The van der Waals surface area contributed by atoms with Crippen LogP contribution in [0.4, 0.5) is 8.78 Å². The normalized spacial score (nSPS) is 16.3. The Morgan fingerprint density at radius 2 is 1.83 bits per heavy atom. The Balaban J connectivity index is 1.93. The van der Waals surface area contributed by atoms with Gasteiger partial charge in [0.15, 0.2) is 0 Å². The molecule has 1 heterocycles. The Kier molecular flexibility index (Phi) is 8.02.